The summed E-state index contributed by atoms with van der Waals surface area (Å²) in [6, 6.07) is 10.8. The molecule has 30 heavy (non-hydrogen) atoms. The molecule has 168 valence electrons. The third-order valence-electron chi connectivity index (χ3n) is 6.02. The van der Waals surface area contributed by atoms with E-state index < -0.39 is 0 Å². The number of guanidine groups is 1. The topological polar surface area (TPSA) is 60.0 Å². The van der Waals surface area contributed by atoms with E-state index in [4.69, 9.17) is 0 Å². The predicted molar refractivity (Wildman–Crippen MR) is 134 cm³/mol. The standard InChI is InChI=1S/C23H37N5O.HI/c1-27(2)22(29)16-25-23(24-14-12-19-8-4-3-5-9-19)26-21-13-15-28(18-21)17-20-10-6-7-11-20;/h3-5,8-9,20-21H,6-7,10-18H2,1-2H3,(H2,24,25,26);1H. The zero-order valence-electron chi connectivity index (χ0n) is 18.5. The SMILES string of the molecule is CN(C)C(=O)CN=C(NCCc1ccccc1)NC1CCN(CC2CCCC2)C1.I. The zero-order chi connectivity index (χ0) is 20.5. The molecule has 1 amide bonds. The lowest BCUT2D eigenvalue weighted by Crippen LogP contribution is -2.46. The number of amides is 1. The van der Waals surface area contributed by atoms with Crippen LogP contribution in [0.1, 0.15) is 37.7 Å². The minimum Gasteiger partial charge on any atom is -0.356 e. The zero-order valence-corrected chi connectivity index (χ0v) is 20.8. The first kappa shape index (κ1) is 24.9. The van der Waals surface area contributed by atoms with Gasteiger partial charge in [-0.2, -0.15) is 0 Å². The highest BCUT2D eigenvalue weighted by molar-refractivity contribution is 14.0. The van der Waals surface area contributed by atoms with Gasteiger partial charge in [-0.25, -0.2) is 4.99 Å². The van der Waals surface area contributed by atoms with Gasteiger partial charge in [0.1, 0.15) is 6.54 Å². The smallest absolute Gasteiger partial charge is 0.243 e. The van der Waals surface area contributed by atoms with Crippen LogP contribution in [0.15, 0.2) is 35.3 Å². The summed E-state index contributed by atoms with van der Waals surface area (Å²) >= 11 is 0. The monoisotopic (exact) mass is 527 g/mol. The van der Waals surface area contributed by atoms with Crippen LogP contribution < -0.4 is 10.6 Å². The second-order valence-corrected chi connectivity index (χ2v) is 8.66. The van der Waals surface area contributed by atoms with Crippen molar-refractivity contribution >= 4 is 35.8 Å². The van der Waals surface area contributed by atoms with Gasteiger partial charge < -0.3 is 20.4 Å². The molecule has 1 unspecified atom stereocenters. The van der Waals surface area contributed by atoms with Crippen molar-refractivity contribution in [3.63, 3.8) is 0 Å². The molecule has 1 saturated carbocycles. The molecule has 1 saturated heterocycles. The molecule has 6 nitrogen and oxygen atoms in total. The number of carbonyl (C=O) groups is 1. The number of nitrogens with one attached hydrogen (secondary N) is 2. The molecule has 2 N–H and O–H groups in total. The molecule has 1 aliphatic heterocycles. The van der Waals surface area contributed by atoms with Crippen molar-refractivity contribution in [1.82, 2.24) is 20.4 Å². The molecule has 7 heteroatoms. The van der Waals surface area contributed by atoms with Crippen LogP contribution in [0.2, 0.25) is 0 Å². The third-order valence-corrected chi connectivity index (χ3v) is 6.02. The Morgan fingerprint density at radius 3 is 2.60 bits per heavy atom. The first-order chi connectivity index (χ1) is 14.1. The van der Waals surface area contributed by atoms with Crippen LogP contribution in [0, 0.1) is 5.92 Å². The molecule has 1 heterocycles. The summed E-state index contributed by atoms with van der Waals surface area (Å²) < 4.78 is 0. The van der Waals surface area contributed by atoms with Crippen molar-refractivity contribution in [3.8, 4) is 0 Å². The molecule has 0 spiro atoms. The van der Waals surface area contributed by atoms with Crippen LogP contribution in [-0.2, 0) is 11.2 Å². The van der Waals surface area contributed by atoms with Crippen LogP contribution in [0.4, 0.5) is 0 Å². The van der Waals surface area contributed by atoms with Gasteiger partial charge in [-0.15, -0.1) is 24.0 Å². The number of likely N-dealkylation sites (tertiary alicyclic amines) is 1. The van der Waals surface area contributed by atoms with Crippen LogP contribution in [0.3, 0.4) is 0 Å². The van der Waals surface area contributed by atoms with Crippen LogP contribution >= 0.6 is 24.0 Å². The first-order valence-corrected chi connectivity index (χ1v) is 11.1. The lowest BCUT2D eigenvalue weighted by Gasteiger charge is -2.21. The van der Waals surface area contributed by atoms with Gasteiger partial charge in [0.2, 0.25) is 5.91 Å². The molecule has 3 rings (SSSR count). The fourth-order valence-corrected chi connectivity index (χ4v) is 4.28. The number of likely N-dealkylation sites (N-methyl/N-ethyl adjacent to an activating group) is 1. The number of aliphatic imine (C=N–C) groups is 1. The molecule has 0 aromatic heterocycles. The van der Waals surface area contributed by atoms with Crippen molar-refractivity contribution in [2.24, 2.45) is 10.9 Å². The minimum absolute atomic E-state index is 0. The highest BCUT2D eigenvalue weighted by Gasteiger charge is 2.26. The number of hydrogen-bond donors (Lipinski definition) is 2. The number of carbonyl (C=O) groups excluding carboxylic acids is 1. The van der Waals surface area contributed by atoms with E-state index >= 15 is 0 Å². The van der Waals surface area contributed by atoms with E-state index in [1.54, 1.807) is 19.0 Å². The Balaban J connectivity index is 0.00000320. The Kier molecular flexibility index (Phi) is 10.9. The van der Waals surface area contributed by atoms with Crippen molar-refractivity contribution in [1.29, 1.82) is 0 Å². The molecule has 1 aliphatic carbocycles. The first-order valence-electron chi connectivity index (χ1n) is 11.1. The molecule has 1 atom stereocenters. The fraction of sp³-hybridized carbons (Fsp3) is 0.652. The lowest BCUT2D eigenvalue weighted by atomic mass is 10.1. The Bertz CT molecular complexity index is 661. The molecular formula is C23H38IN5O. The Labute approximate surface area is 198 Å². The van der Waals surface area contributed by atoms with Crippen molar-refractivity contribution < 1.29 is 4.79 Å². The Morgan fingerprint density at radius 2 is 1.90 bits per heavy atom. The van der Waals surface area contributed by atoms with Crippen molar-refractivity contribution in [2.45, 2.75) is 44.6 Å². The number of rotatable bonds is 8. The Morgan fingerprint density at radius 1 is 1.17 bits per heavy atom. The van der Waals surface area contributed by atoms with E-state index in [0.29, 0.717) is 6.04 Å². The quantitative estimate of drug-likeness (QED) is 0.310. The van der Waals surface area contributed by atoms with Crippen LogP contribution in [-0.4, -0.2) is 74.5 Å². The van der Waals surface area contributed by atoms with E-state index in [-0.39, 0.29) is 36.4 Å². The summed E-state index contributed by atoms with van der Waals surface area (Å²) in [5.74, 6) is 1.66. The minimum atomic E-state index is 0. The maximum absolute atomic E-state index is 12.0. The van der Waals surface area contributed by atoms with Gasteiger partial charge in [-0.05, 0) is 37.2 Å². The molecular weight excluding hydrogens is 489 g/mol. The Hall–Kier alpha value is -1.35. The van der Waals surface area contributed by atoms with Crippen LogP contribution in [0.5, 0.6) is 0 Å². The van der Waals surface area contributed by atoms with E-state index in [1.807, 2.05) is 6.07 Å². The molecule has 0 bridgehead atoms. The van der Waals surface area contributed by atoms with Gasteiger partial charge in [0.15, 0.2) is 5.96 Å². The van der Waals surface area contributed by atoms with E-state index in [0.717, 1.165) is 44.4 Å². The van der Waals surface area contributed by atoms with Gasteiger partial charge in [-0.1, -0.05) is 43.2 Å². The summed E-state index contributed by atoms with van der Waals surface area (Å²) in [5.41, 5.74) is 1.30. The third kappa shape index (κ3) is 8.41. The van der Waals surface area contributed by atoms with Gasteiger partial charge in [0, 0.05) is 46.3 Å². The van der Waals surface area contributed by atoms with E-state index in [9.17, 15) is 4.79 Å². The highest BCUT2D eigenvalue weighted by Crippen LogP contribution is 2.26. The maximum Gasteiger partial charge on any atom is 0.243 e. The molecule has 1 aromatic rings. The van der Waals surface area contributed by atoms with Gasteiger partial charge >= 0.3 is 0 Å². The second-order valence-electron chi connectivity index (χ2n) is 8.66. The average molecular weight is 527 g/mol. The van der Waals surface area contributed by atoms with Gasteiger partial charge in [-0.3, -0.25) is 4.79 Å². The van der Waals surface area contributed by atoms with Gasteiger partial charge in [0.05, 0.1) is 0 Å². The highest BCUT2D eigenvalue weighted by atomic mass is 127. The molecule has 1 aromatic carbocycles. The molecule has 2 aliphatic rings. The van der Waals surface area contributed by atoms with E-state index in [1.165, 1.54) is 37.8 Å². The lowest BCUT2D eigenvalue weighted by molar-refractivity contribution is -0.127. The van der Waals surface area contributed by atoms with E-state index in [2.05, 4.69) is 44.8 Å². The van der Waals surface area contributed by atoms with Crippen LogP contribution in [0.25, 0.3) is 0 Å². The normalized spacial score (nSPS) is 20.1. The summed E-state index contributed by atoms with van der Waals surface area (Å²) in [6.07, 6.45) is 7.67. The second kappa shape index (κ2) is 13.1. The summed E-state index contributed by atoms with van der Waals surface area (Å²) in [4.78, 5) is 20.7. The number of benzene rings is 1. The summed E-state index contributed by atoms with van der Waals surface area (Å²) in [7, 11) is 3.54. The summed E-state index contributed by atoms with van der Waals surface area (Å²) in [6.45, 7) is 4.43. The van der Waals surface area contributed by atoms with Crippen molar-refractivity contribution in [2.75, 3.05) is 46.8 Å². The average Bonchev–Trinajstić information content (AvgIpc) is 3.39. The maximum atomic E-state index is 12.0. The van der Waals surface area contributed by atoms with Gasteiger partial charge in [0.25, 0.3) is 0 Å². The number of halogens is 1. The largest absolute Gasteiger partial charge is 0.356 e. The number of hydrogen-bond acceptors (Lipinski definition) is 3. The molecule has 0 radical (unpaired) electrons. The predicted octanol–water partition coefficient (Wildman–Crippen LogP) is 2.74. The fourth-order valence-electron chi connectivity index (χ4n) is 4.28. The van der Waals surface area contributed by atoms with Crippen molar-refractivity contribution in [3.05, 3.63) is 35.9 Å². The molecule has 2 fully saturated rings. The summed E-state index contributed by atoms with van der Waals surface area (Å²) in [5, 5.41) is 7.00. The number of nitrogens with zero attached hydrogens (tertiary/aromatic N) is 3.